The standard InChI is InChI=1S/C17H15N5O5S/c1-25-15-4-2-13(3-5-15)21-17(18-19-20-21)28-9-12-7-14(22(23)24)6-11-8-26-10-27-16(11)12/h2-7H,8-10H2,1H3. The van der Waals surface area contributed by atoms with Crippen molar-refractivity contribution >= 4 is 17.4 Å². The number of aromatic nitrogens is 4. The van der Waals surface area contributed by atoms with Gasteiger partial charge in [-0.15, -0.1) is 5.10 Å². The van der Waals surface area contributed by atoms with E-state index in [1.165, 1.54) is 23.9 Å². The highest BCUT2D eigenvalue weighted by Crippen LogP contribution is 2.36. The SMILES string of the molecule is COc1ccc(-n2nnnc2SCc2cc([N+](=O)[O-])cc3c2OCOC3)cc1. The van der Waals surface area contributed by atoms with Crippen molar-refractivity contribution in [2.24, 2.45) is 0 Å². The third-order valence-electron chi connectivity index (χ3n) is 4.10. The van der Waals surface area contributed by atoms with Crippen molar-refractivity contribution in [3.63, 3.8) is 0 Å². The molecule has 0 N–H and O–H groups in total. The average Bonchev–Trinajstić information content (AvgIpc) is 3.20. The summed E-state index contributed by atoms with van der Waals surface area (Å²) in [5.41, 5.74) is 2.13. The Morgan fingerprint density at radius 2 is 2.14 bits per heavy atom. The number of benzene rings is 2. The van der Waals surface area contributed by atoms with Crippen LogP contribution in [-0.4, -0.2) is 39.0 Å². The van der Waals surface area contributed by atoms with Crippen LogP contribution < -0.4 is 9.47 Å². The Labute approximate surface area is 163 Å². The number of fused-ring (bicyclic) bond motifs is 1. The summed E-state index contributed by atoms with van der Waals surface area (Å²) in [5.74, 6) is 1.75. The van der Waals surface area contributed by atoms with E-state index in [2.05, 4.69) is 15.5 Å². The van der Waals surface area contributed by atoms with E-state index in [4.69, 9.17) is 14.2 Å². The summed E-state index contributed by atoms with van der Waals surface area (Å²) in [6.45, 7) is 0.393. The number of ether oxygens (including phenoxy) is 3. The third-order valence-corrected chi connectivity index (χ3v) is 5.07. The van der Waals surface area contributed by atoms with E-state index in [0.29, 0.717) is 27.8 Å². The molecule has 0 radical (unpaired) electrons. The Hall–Kier alpha value is -3.18. The summed E-state index contributed by atoms with van der Waals surface area (Å²) < 4.78 is 17.6. The largest absolute Gasteiger partial charge is 0.497 e. The van der Waals surface area contributed by atoms with Crippen LogP contribution in [-0.2, 0) is 17.1 Å². The molecule has 2 heterocycles. The van der Waals surface area contributed by atoms with Gasteiger partial charge < -0.3 is 14.2 Å². The molecule has 0 aliphatic carbocycles. The summed E-state index contributed by atoms with van der Waals surface area (Å²) in [5, 5.41) is 23.6. The number of rotatable bonds is 6. The van der Waals surface area contributed by atoms with Crippen molar-refractivity contribution in [1.82, 2.24) is 20.2 Å². The predicted molar refractivity (Wildman–Crippen MR) is 98.6 cm³/mol. The molecule has 1 aromatic heterocycles. The normalized spacial score (nSPS) is 12.9. The minimum Gasteiger partial charge on any atom is -0.497 e. The van der Waals surface area contributed by atoms with Crippen molar-refractivity contribution < 1.29 is 19.1 Å². The maximum Gasteiger partial charge on any atom is 0.270 e. The van der Waals surface area contributed by atoms with Crippen LogP contribution >= 0.6 is 11.8 Å². The second-order valence-corrected chi connectivity index (χ2v) is 6.76. The molecule has 0 saturated carbocycles. The summed E-state index contributed by atoms with van der Waals surface area (Å²) in [4.78, 5) is 10.8. The lowest BCUT2D eigenvalue weighted by molar-refractivity contribution is -0.385. The maximum absolute atomic E-state index is 11.2. The van der Waals surface area contributed by atoms with E-state index in [0.717, 1.165) is 11.4 Å². The number of thioether (sulfide) groups is 1. The van der Waals surface area contributed by atoms with E-state index in [-0.39, 0.29) is 19.1 Å². The molecule has 28 heavy (non-hydrogen) atoms. The number of non-ortho nitro benzene ring substituents is 1. The quantitative estimate of drug-likeness (QED) is 0.349. The highest BCUT2D eigenvalue weighted by Gasteiger charge is 2.21. The van der Waals surface area contributed by atoms with Gasteiger partial charge in [0.25, 0.3) is 5.69 Å². The van der Waals surface area contributed by atoms with Crippen molar-refractivity contribution in [2.45, 2.75) is 17.5 Å². The zero-order valence-electron chi connectivity index (χ0n) is 14.8. The van der Waals surface area contributed by atoms with E-state index >= 15 is 0 Å². The number of hydrogen-bond acceptors (Lipinski definition) is 9. The van der Waals surface area contributed by atoms with Crippen LogP contribution in [0.4, 0.5) is 5.69 Å². The number of nitro groups is 1. The zero-order valence-corrected chi connectivity index (χ0v) is 15.6. The second kappa shape index (κ2) is 7.82. The van der Waals surface area contributed by atoms with E-state index in [1.807, 2.05) is 24.3 Å². The van der Waals surface area contributed by atoms with Gasteiger partial charge in [0.1, 0.15) is 11.5 Å². The summed E-state index contributed by atoms with van der Waals surface area (Å²) in [7, 11) is 1.60. The van der Waals surface area contributed by atoms with Gasteiger partial charge in [-0.3, -0.25) is 10.1 Å². The Kier molecular flexibility index (Phi) is 5.08. The molecule has 1 aliphatic heterocycles. The molecule has 3 aromatic rings. The summed E-state index contributed by atoms with van der Waals surface area (Å²) >= 11 is 1.36. The molecule has 0 bridgehead atoms. The number of tetrazole rings is 1. The lowest BCUT2D eigenvalue weighted by Crippen LogP contribution is -2.13. The third kappa shape index (κ3) is 3.62. The maximum atomic E-state index is 11.2. The molecule has 0 amide bonds. The van der Waals surface area contributed by atoms with Gasteiger partial charge in [0.2, 0.25) is 5.16 Å². The summed E-state index contributed by atoms with van der Waals surface area (Å²) in [6, 6.07) is 10.3. The van der Waals surface area contributed by atoms with Gasteiger partial charge >= 0.3 is 0 Å². The van der Waals surface area contributed by atoms with Crippen LogP contribution in [0.15, 0.2) is 41.6 Å². The van der Waals surface area contributed by atoms with Crippen LogP contribution in [0.1, 0.15) is 11.1 Å². The number of methoxy groups -OCH3 is 1. The second-order valence-electron chi connectivity index (χ2n) is 5.82. The van der Waals surface area contributed by atoms with Crippen molar-refractivity contribution in [1.29, 1.82) is 0 Å². The molecule has 1 aliphatic rings. The van der Waals surface area contributed by atoms with E-state index < -0.39 is 4.92 Å². The Morgan fingerprint density at radius 1 is 1.32 bits per heavy atom. The molecule has 4 rings (SSSR count). The van der Waals surface area contributed by atoms with Crippen LogP contribution in [0.3, 0.4) is 0 Å². The Morgan fingerprint density at radius 3 is 2.89 bits per heavy atom. The molecule has 0 saturated heterocycles. The van der Waals surface area contributed by atoms with Crippen LogP contribution in [0.25, 0.3) is 5.69 Å². The smallest absolute Gasteiger partial charge is 0.270 e. The first-order valence-corrected chi connectivity index (χ1v) is 9.20. The summed E-state index contributed by atoms with van der Waals surface area (Å²) in [6.07, 6.45) is 0. The molecule has 10 nitrogen and oxygen atoms in total. The lowest BCUT2D eigenvalue weighted by atomic mass is 10.1. The first-order chi connectivity index (χ1) is 13.7. The van der Waals surface area contributed by atoms with E-state index in [1.54, 1.807) is 11.8 Å². The molecule has 144 valence electrons. The van der Waals surface area contributed by atoms with Crippen LogP contribution in [0.5, 0.6) is 11.5 Å². The Balaban J connectivity index is 1.59. The number of nitrogens with zero attached hydrogens (tertiary/aromatic N) is 5. The van der Waals surface area contributed by atoms with Crippen molar-refractivity contribution in [3.05, 3.63) is 57.6 Å². The predicted octanol–water partition coefficient (Wildman–Crippen LogP) is 2.74. The van der Waals surface area contributed by atoms with Gasteiger partial charge in [0.15, 0.2) is 6.79 Å². The van der Waals surface area contributed by atoms with Gasteiger partial charge in [-0.1, -0.05) is 11.8 Å². The molecule has 11 heteroatoms. The molecule has 0 atom stereocenters. The van der Waals surface area contributed by atoms with Gasteiger partial charge in [-0.05, 0) is 34.7 Å². The zero-order chi connectivity index (χ0) is 19.5. The number of hydrogen-bond donors (Lipinski definition) is 0. The van der Waals surface area contributed by atoms with Gasteiger partial charge in [0, 0.05) is 29.0 Å². The van der Waals surface area contributed by atoms with Crippen molar-refractivity contribution in [2.75, 3.05) is 13.9 Å². The van der Waals surface area contributed by atoms with Crippen LogP contribution in [0.2, 0.25) is 0 Å². The highest BCUT2D eigenvalue weighted by molar-refractivity contribution is 7.98. The highest BCUT2D eigenvalue weighted by atomic mass is 32.2. The molecule has 2 aromatic carbocycles. The average molecular weight is 401 g/mol. The topological polar surface area (TPSA) is 114 Å². The molecular formula is C17H15N5O5S. The first kappa shape index (κ1) is 18.2. The molecule has 0 unspecified atom stereocenters. The first-order valence-electron chi connectivity index (χ1n) is 8.22. The fourth-order valence-electron chi connectivity index (χ4n) is 2.79. The Bertz CT molecular complexity index is 1010. The fraction of sp³-hybridized carbons (Fsp3) is 0.235. The molecule has 0 fully saturated rings. The van der Waals surface area contributed by atoms with Gasteiger partial charge in [-0.25, -0.2) is 0 Å². The minimum absolute atomic E-state index is 0.00167. The van der Waals surface area contributed by atoms with Gasteiger partial charge in [-0.2, -0.15) is 4.68 Å². The number of nitro benzene ring substituents is 1. The minimum atomic E-state index is -0.426. The van der Waals surface area contributed by atoms with Crippen molar-refractivity contribution in [3.8, 4) is 17.2 Å². The monoisotopic (exact) mass is 401 g/mol. The van der Waals surface area contributed by atoms with Crippen LogP contribution in [0, 0.1) is 10.1 Å². The fourth-order valence-corrected chi connectivity index (χ4v) is 3.65. The molecule has 0 spiro atoms. The van der Waals surface area contributed by atoms with Gasteiger partial charge in [0.05, 0.1) is 24.3 Å². The molecular weight excluding hydrogens is 386 g/mol. The lowest BCUT2D eigenvalue weighted by Gasteiger charge is -2.20. The van der Waals surface area contributed by atoms with E-state index in [9.17, 15) is 10.1 Å².